The quantitative estimate of drug-likeness (QED) is 0.456. The molecule has 0 aliphatic heterocycles. The van der Waals surface area contributed by atoms with Crippen LogP contribution in [0.15, 0.2) is 77.7 Å². The Hall–Kier alpha value is -2.58. The molecule has 0 fully saturated rings. The Bertz CT molecular complexity index is 845. The van der Waals surface area contributed by atoms with Gasteiger partial charge in [0.05, 0.1) is 6.10 Å². The van der Waals surface area contributed by atoms with E-state index in [0.29, 0.717) is 0 Å². The molecule has 0 spiro atoms. The van der Waals surface area contributed by atoms with Crippen LogP contribution in [0.5, 0.6) is 0 Å². The Kier molecular flexibility index (Phi) is 5.75. The second-order valence-corrected chi connectivity index (χ2v) is 6.71. The lowest BCUT2D eigenvalue weighted by Gasteiger charge is -2.22. The molecular weight excluding hydrogens is 320 g/mol. The maximum absolute atomic E-state index is 6.35. The van der Waals surface area contributed by atoms with E-state index >= 15 is 0 Å². The minimum Gasteiger partial charge on any atom is -0.461 e. The van der Waals surface area contributed by atoms with Crippen molar-refractivity contribution in [2.45, 2.75) is 39.4 Å². The molecule has 1 aromatic heterocycles. The van der Waals surface area contributed by atoms with Crippen LogP contribution in [0.1, 0.15) is 42.4 Å². The largest absolute Gasteiger partial charge is 0.461 e. The van der Waals surface area contributed by atoms with Crippen molar-refractivity contribution >= 4 is 0 Å². The number of allylic oxidation sites excluding steroid dienone is 1. The van der Waals surface area contributed by atoms with Crippen LogP contribution in [0, 0.1) is 6.92 Å². The third-order valence-electron chi connectivity index (χ3n) is 4.39. The molecule has 134 valence electrons. The molecule has 26 heavy (non-hydrogen) atoms. The van der Waals surface area contributed by atoms with Crippen molar-refractivity contribution in [1.29, 1.82) is 0 Å². The monoisotopic (exact) mass is 346 g/mol. The lowest BCUT2D eigenvalue weighted by molar-refractivity contribution is 0.0293. The third kappa shape index (κ3) is 3.81. The zero-order valence-electron chi connectivity index (χ0n) is 15.7. The van der Waals surface area contributed by atoms with Gasteiger partial charge in [-0.25, -0.2) is 0 Å². The van der Waals surface area contributed by atoms with Crippen molar-refractivity contribution in [3.63, 3.8) is 0 Å². The SMILES string of the molecule is C=CCc1c(-c2ccccc2)oc(C)c1C(OC(C)C)c1ccccc1. The molecule has 2 nitrogen and oxygen atoms in total. The molecule has 3 rings (SSSR count). The standard InChI is InChI=1S/C24H26O2/c1-5-12-21-22(18(4)26-23(21)19-13-8-6-9-14-19)24(25-17(2)3)20-15-10-7-11-16-20/h5-11,13-17,24H,1,12H2,2-4H3. The molecule has 0 aliphatic rings. The minimum absolute atomic E-state index is 0.103. The molecule has 1 atom stereocenters. The van der Waals surface area contributed by atoms with Gasteiger partial charge in [0, 0.05) is 16.7 Å². The third-order valence-corrected chi connectivity index (χ3v) is 4.39. The first-order chi connectivity index (χ1) is 12.6. The van der Waals surface area contributed by atoms with Crippen molar-refractivity contribution in [3.8, 4) is 11.3 Å². The summed E-state index contributed by atoms with van der Waals surface area (Å²) in [4.78, 5) is 0. The summed E-state index contributed by atoms with van der Waals surface area (Å²) in [6, 6.07) is 20.6. The van der Waals surface area contributed by atoms with Gasteiger partial charge in [0.25, 0.3) is 0 Å². The average molecular weight is 346 g/mol. The summed E-state index contributed by atoms with van der Waals surface area (Å²) >= 11 is 0. The van der Waals surface area contributed by atoms with Gasteiger partial charge in [-0.1, -0.05) is 66.7 Å². The van der Waals surface area contributed by atoms with Gasteiger partial charge in [0.1, 0.15) is 17.6 Å². The zero-order chi connectivity index (χ0) is 18.5. The summed E-state index contributed by atoms with van der Waals surface area (Å²) in [7, 11) is 0. The van der Waals surface area contributed by atoms with Gasteiger partial charge in [-0.2, -0.15) is 0 Å². The van der Waals surface area contributed by atoms with E-state index in [4.69, 9.17) is 9.15 Å². The molecule has 0 N–H and O–H groups in total. The molecule has 0 radical (unpaired) electrons. The van der Waals surface area contributed by atoms with E-state index in [2.05, 4.69) is 44.7 Å². The van der Waals surface area contributed by atoms with E-state index in [1.54, 1.807) is 0 Å². The summed E-state index contributed by atoms with van der Waals surface area (Å²) in [5, 5.41) is 0. The zero-order valence-corrected chi connectivity index (χ0v) is 15.7. The summed E-state index contributed by atoms with van der Waals surface area (Å²) in [6.45, 7) is 10.1. The fourth-order valence-corrected chi connectivity index (χ4v) is 3.33. The van der Waals surface area contributed by atoms with E-state index in [-0.39, 0.29) is 12.2 Å². The fraction of sp³-hybridized carbons (Fsp3) is 0.250. The van der Waals surface area contributed by atoms with Gasteiger partial charge >= 0.3 is 0 Å². The van der Waals surface area contributed by atoms with Crippen molar-refractivity contribution in [1.82, 2.24) is 0 Å². The Morgan fingerprint density at radius 1 is 1.00 bits per heavy atom. The summed E-state index contributed by atoms with van der Waals surface area (Å²) < 4.78 is 12.6. The van der Waals surface area contributed by atoms with Gasteiger partial charge < -0.3 is 9.15 Å². The number of benzene rings is 2. The van der Waals surface area contributed by atoms with Gasteiger partial charge in [-0.15, -0.1) is 6.58 Å². The van der Waals surface area contributed by atoms with Gasteiger partial charge in [-0.05, 0) is 32.8 Å². The van der Waals surface area contributed by atoms with Crippen LogP contribution < -0.4 is 0 Å². The Morgan fingerprint density at radius 3 is 2.19 bits per heavy atom. The first kappa shape index (κ1) is 18.2. The summed E-state index contributed by atoms with van der Waals surface area (Å²) in [5.74, 6) is 1.81. The number of hydrogen-bond donors (Lipinski definition) is 0. The smallest absolute Gasteiger partial charge is 0.138 e. The van der Waals surface area contributed by atoms with E-state index in [9.17, 15) is 0 Å². The molecule has 0 bridgehead atoms. The summed E-state index contributed by atoms with van der Waals surface area (Å²) in [5.41, 5.74) is 4.48. The van der Waals surface area contributed by atoms with Crippen LogP contribution in [0.3, 0.4) is 0 Å². The molecule has 0 aliphatic carbocycles. The lowest BCUT2D eigenvalue weighted by atomic mass is 9.93. The van der Waals surface area contributed by atoms with Crippen LogP contribution >= 0.6 is 0 Å². The maximum atomic E-state index is 6.35. The fourth-order valence-electron chi connectivity index (χ4n) is 3.33. The average Bonchev–Trinajstić information content (AvgIpc) is 2.97. The first-order valence-corrected chi connectivity index (χ1v) is 9.10. The molecule has 0 amide bonds. The highest BCUT2D eigenvalue weighted by Gasteiger charge is 2.27. The molecule has 1 heterocycles. The highest BCUT2D eigenvalue weighted by molar-refractivity contribution is 5.65. The van der Waals surface area contributed by atoms with Crippen molar-refractivity contribution in [2.24, 2.45) is 0 Å². The Morgan fingerprint density at radius 2 is 1.62 bits per heavy atom. The van der Waals surface area contributed by atoms with Crippen LogP contribution in [0.4, 0.5) is 0 Å². The van der Waals surface area contributed by atoms with Gasteiger partial charge in [0.2, 0.25) is 0 Å². The van der Waals surface area contributed by atoms with Crippen molar-refractivity contribution < 1.29 is 9.15 Å². The topological polar surface area (TPSA) is 22.4 Å². The van der Waals surface area contributed by atoms with E-state index < -0.39 is 0 Å². The Balaban J connectivity index is 2.18. The predicted octanol–water partition coefficient (Wildman–Crippen LogP) is 6.50. The maximum Gasteiger partial charge on any atom is 0.138 e. The van der Waals surface area contributed by atoms with Crippen LogP contribution in [-0.4, -0.2) is 6.10 Å². The van der Waals surface area contributed by atoms with Crippen molar-refractivity contribution in [3.05, 3.63) is 95.8 Å². The minimum atomic E-state index is -0.160. The molecule has 2 heteroatoms. The van der Waals surface area contributed by atoms with Crippen LogP contribution in [0.2, 0.25) is 0 Å². The number of furan rings is 1. The predicted molar refractivity (Wildman–Crippen MR) is 107 cm³/mol. The van der Waals surface area contributed by atoms with E-state index in [1.165, 1.54) is 0 Å². The van der Waals surface area contributed by atoms with E-state index in [1.807, 2.05) is 49.4 Å². The highest BCUT2D eigenvalue weighted by atomic mass is 16.5. The van der Waals surface area contributed by atoms with Crippen LogP contribution in [0.25, 0.3) is 11.3 Å². The normalized spacial score (nSPS) is 12.3. The molecule has 0 saturated carbocycles. The lowest BCUT2D eigenvalue weighted by Crippen LogP contribution is -2.14. The molecular formula is C24H26O2. The van der Waals surface area contributed by atoms with Gasteiger partial charge in [-0.3, -0.25) is 0 Å². The number of hydrogen-bond acceptors (Lipinski definition) is 2. The second kappa shape index (κ2) is 8.20. The summed E-state index contributed by atoms with van der Waals surface area (Å²) in [6.07, 6.45) is 2.61. The first-order valence-electron chi connectivity index (χ1n) is 9.10. The van der Waals surface area contributed by atoms with Crippen LogP contribution in [-0.2, 0) is 11.2 Å². The Labute approximate surface area is 156 Å². The number of ether oxygens (including phenoxy) is 1. The second-order valence-electron chi connectivity index (χ2n) is 6.71. The molecule has 3 aromatic rings. The number of rotatable bonds is 7. The van der Waals surface area contributed by atoms with Crippen molar-refractivity contribution in [2.75, 3.05) is 0 Å². The number of aryl methyl sites for hydroxylation is 1. The highest BCUT2D eigenvalue weighted by Crippen LogP contribution is 2.39. The molecule has 1 unspecified atom stereocenters. The molecule has 2 aromatic carbocycles. The van der Waals surface area contributed by atoms with E-state index in [0.717, 1.165) is 40.2 Å². The van der Waals surface area contributed by atoms with Gasteiger partial charge in [0.15, 0.2) is 0 Å². The molecule has 0 saturated heterocycles.